The average Bonchev–Trinajstić information content (AvgIpc) is 2.71. The lowest BCUT2D eigenvalue weighted by Gasteiger charge is -2.14. The van der Waals surface area contributed by atoms with Crippen LogP contribution in [0.2, 0.25) is 0 Å². The third-order valence-electron chi connectivity index (χ3n) is 4.86. The lowest BCUT2D eigenvalue weighted by Crippen LogP contribution is -2.32. The second-order valence-corrected chi connectivity index (χ2v) is 6.72. The molecule has 0 aliphatic rings. The van der Waals surface area contributed by atoms with Gasteiger partial charge in [-0.2, -0.15) is 0 Å². The molecule has 6 heteroatoms. The molecule has 1 aromatic heterocycles. The molecular formula is C22H23NO5. The van der Waals surface area contributed by atoms with Crippen LogP contribution in [0.5, 0.6) is 5.75 Å². The van der Waals surface area contributed by atoms with Crippen LogP contribution in [-0.4, -0.2) is 24.2 Å². The molecule has 2 aromatic carbocycles. The van der Waals surface area contributed by atoms with E-state index in [1.165, 1.54) is 0 Å². The third-order valence-corrected chi connectivity index (χ3v) is 4.86. The SMILES string of the molecule is Cc1c(C)c2ccc(OCC(=O)NCC(O)c3ccccc3)c(C)c2oc1=O. The molecule has 3 rings (SSSR count). The summed E-state index contributed by atoms with van der Waals surface area (Å²) in [6.45, 7) is 5.28. The number of fused-ring (bicyclic) bond motifs is 1. The van der Waals surface area contributed by atoms with Crippen LogP contribution in [0.1, 0.15) is 28.4 Å². The molecule has 0 bridgehead atoms. The Kier molecular flexibility index (Phi) is 5.80. The number of hydrogen-bond donors (Lipinski definition) is 2. The predicted molar refractivity (Wildman–Crippen MR) is 107 cm³/mol. The van der Waals surface area contributed by atoms with Crippen molar-refractivity contribution < 1.29 is 19.1 Å². The molecule has 146 valence electrons. The van der Waals surface area contributed by atoms with E-state index in [-0.39, 0.29) is 24.7 Å². The maximum atomic E-state index is 12.1. The Morgan fingerprint density at radius 2 is 1.79 bits per heavy atom. The molecule has 0 spiro atoms. The number of carbonyl (C=O) groups is 1. The van der Waals surface area contributed by atoms with Gasteiger partial charge in [-0.25, -0.2) is 4.79 Å². The van der Waals surface area contributed by atoms with Gasteiger partial charge in [0.25, 0.3) is 5.91 Å². The van der Waals surface area contributed by atoms with Crippen molar-refractivity contribution in [2.45, 2.75) is 26.9 Å². The minimum atomic E-state index is -0.784. The quantitative estimate of drug-likeness (QED) is 0.641. The van der Waals surface area contributed by atoms with Crippen LogP contribution in [0.3, 0.4) is 0 Å². The Balaban J connectivity index is 1.65. The van der Waals surface area contributed by atoms with E-state index in [1.807, 2.05) is 31.2 Å². The van der Waals surface area contributed by atoms with Crippen molar-refractivity contribution in [3.8, 4) is 5.75 Å². The second kappa shape index (κ2) is 8.27. The number of aliphatic hydroxyl groups excluding tert-OH is 1. The summed E-state index contributed by atoms with van der Waals surface area (Å²) in [5.41, 5.74) is 2.93. The number of aryl methyl sites for hydroxylation is 2. The van der Waals surface area contributed by atoms with Crippen molar-refractivity contribution in [2.75, 3.05) is 13.2 Å². The van der Waals surface area contributed by atoms with Gasteiger partial charge in [0.1, 0.15) is 11.3 Å². The van der Waals surface area contributed by atoms with E-state index in [0.29, 0.717) is 22.5 Å². The molecule has 6 nitrogen and oxygen atoms in total. The predicted octanol–water partition coefficient (Wildman–Crippen LogP) is 2.95. The van der Waals surface area contributed by atoms with Crippen LogP contribution in [0, 0.1) is 20.8 Å². The van der Waals surface area contributed by atoms with E-state index in [9.17, 15) is 14.7 Å². The highest BCUT2D eigenvalue weighted by Crippen LogP contribution is 2.29. The number of carbonyl (C=O) groups excluding carboxylic acids is 1. The van der Waals surface area contributed by atoms with Crippen LogP contribution in [0.25, 0.3) is 11.0 Å². The lowest BCUT2D eigenvalue weighted by molar-refractivity contribution is -0.123. The van der Waals surface area contributed by atoms with Crippen molar-refractivity contribution in [1.29, 1.82) is 0 Å². The van der Waals surface area contributed by atoms with Gasteiger partial charge >= 0.3 is 5.63 Å². The molecule has 1 atom stereocenters. The van der Waals surface area contributed by atoms with E-state index in [0.717, 1.165) is 16.5 Å². The molecule has 1 heterocycles. The summed E-state index contributed by atoms with van der Waals surface area (Å²) < 4.78 is 11.0. The summed E-state index contributed by atoms with van der Waals surface area (Å²) in [4.78, 5) is 24.0. The first-order chi connectivity index (χ1) is 13.4. The van der Waals surface area contributed by atoms with Gasteiger partial charge in [0.15, 0.2) is 6.61 Å². The monoisotopic (exact) mass is 381 g/mol. The maximum absolute atomic E-state index is 12.1. The minimum absolute atomic E-state index is 0.0935. The van der Waals surface area contributed by atoms with Crippen molar-refractivity contribution in [3.05, 3.63) is 75.1 Å². The van der Waals surface area contributed by atoms with E-state index < -0.39 is 6.10 Å². The Morgan fingerprint density at radius 1 is 1.07 bits per heavy atom. The van der Waals surface area contributed by atoms with Crippen molar-refractivity contribution in [1.82, 2.24) is 5.32 Å². The van der Waals surface area contributed by atoms with Crippen LogP contribution < -0.4 is 15.7 Å². The summed E-state index contributed by atoms with van der Waals surface area (Å²) in [5.74, 6) is 0.119. The number of rotatable bonds is 6. The van der Waals surface area contributed by atoms with Crippen LogP contribution >= 0.6 is 0 Å². The largest absolute Gasteiger partial charge is 0.483 e. The van der Waals surface area contributed by atoms with Gasteiger partial charge in [-0.05, 0) is 44.0 Å². The van der Waals surface area contributed by atoms with Gasteiger partial charge in [0.2, 0.25) is 0 Å². The Labute approximate surface area is 162 Å². The van der Waals surface area contributed by atoms with E-state index in [4.69, 9.17) is 9.15 Å². The molecule has 28 heavy (non-hydrogen) atoms. The third kappa shape index (κ3) is 4.07. The van der Waals surface area contributed by atoms with Gasteiger partial charge < -0.3 is 19.6 Å². The number of ether oxygens (including phenoxy) is 1. The summed E-state index contributed by atoms with van der Waals surface area (Å²) in [6.07, 6.45) is -0.784. The fourth-order valence-electron chi connectivity index (χ4n) is 2.98. The zero-order chi connectivity index (χ0) is 20.3. The van der Waals surface area contributed by atoms with Gasteiger partial charge in [0.05, 0.1) is 6.10 Å². The number of hydrogen-bond acceptors (Lipinski definition) is 5. The molecule has 0 aliphatic carbocycles. The topological polar surface area (TPSA) is 88.8 Å². The minimum Gasteiger partial charge on any atom is -0.483 e. The zero-order valence-electron chi connectivity index (χ0n) is 16.1. The van der Waals surface area contributed by atoms with Crippen molar-refractivity contribution in [3.63, 3.8) is 0 Å². The highest BCUT2D eigenvalue weighted by molar-refractivity contribution is 5.85. The standard InChI is InChI=1S/C22H23NO5/c1-13-14(2)22(26)28-21-15(3)19(10-9-17(13)21)27-12-20(25)23-11-18(24)16-7-5-4-6-8-16/h4-10,18,24H,11-12H2,1-3H3,(H,23,25). The van der Waals surface area contributed by atoms with Crippen LogP contribution in [-0.2, 0) is 4.79 Å². The van der Waals surface area contributed by atoms with Crippen molar-refractivity contribution >= 4 is 16.9 Å². The first-order valence-electron chi connectivity index (χ1n) is 9.04. The maximum Gasteiger partial charge on any atom is 0.339 e. The van der Waals surface area contributed by atoms with E-state index >= 15 is 0 Å². The Morgan fingerprint density at radius 3 is 2.50 bits per heavy atom. The van der Waals surface area contributed by atoms with Crippen LogP contribution in [0.4, 0.5) is 0 Å². The molecule has 0 saturated heterocycles. The molecule has 0 radical (unpaired) electrons. The molecule has 1 unspecified atom stereocenters. The summed E-state index contributed by atoms with van der Waals surface area (Å²) in [5, 5.41) is 13.6. The highest BCUT2D eigenvalue weighted by atomic mass is 16.5. The highest BCUT2D eigenvalue weighted by Gasteiger charge is 2.14. The van der Waals surface area contributed by atoms with Crippen LogP contribution in [0.15, 0.2) is 51.7 Å². The molecule has 0 saturated carbocycles. The number of benzene rings is 2. The van der Waals surface area contributed by atoms with Gasteiger partial charge in [-0.3, -0.25) is 4.79 Å². The Bertz CT molecular complexity index is 1060. The molecule has 1 amide bonds. The number of aliphatic hydroxyl groups is 1. The van der Waals surface area contributed by atoms with Crippen molar-refractivity contribution in [2.24, 2.45) is 0 Å². The molecule has 3 aromatic rings. The second-order valence-electron chi connectivity index (χ2n) is 6.72. The number of amides is 1. The summed E-state index contributed by atoms with van der Waals surface area (Å²) >= 11 is 0. The summed E-state index contributed by atoms with van der Waals surface area (Å²) in [7, 11) is 0. The fourth-order valence-corrected chi connectivity index (χ4v) is 2.98. The normalized spacial score (nSPS) is 12.0. The molecule has 2 N–H and O–H groups in total. The fraction of sp³-hybridized carbons (Fsp3) is 0.273. The van der Waals surface area contributed by atoms with Gasteiger partial charge in [-0.1, -0.05) is 30.3 Å². The molecule has 0 fully saturated rings. The summed E-state index contributed by atoms with van der Waals surface area (Å²) in [6, 6.07) is 12.7. The van der Waals surface area contributed by atoms with E-state index in [1.54, 1.807) is 32.0 Å². The molecular weight excluding hydrogens is 358 g/mol. The smallest absolute Gasteiger partial charge is 0.339 e. The van der Waals surface area contributed by atoms with Gasteiger partial charge in [0, 0.05) is 23.1 Å². The molecule has 0 aliphatic heterocycles. The zero-order valence-corrected chi connectivity index (χ0v) is 16.1. The van der Waals surface area contributed by atoms with Gasteiger partial charge in [-0.15, -0.1) is 0 Å². The Hall–Kier alpha value is -3.12. The lowest BCUT2D eigenvalue weighted by atomic mass is 10.0. The first kappa shape index (κ1) is 19.6. The average molecular weight is 381 g/mol. The number of nitrogens with one attached hydrogen (secondary N) is 1. The first-order valence-corrected chi connectivity index (χ1v) is 9.04. The van der Waals surface area contributed by atoms with E-state index in [2.05, 4.69) is 5.32 Å².